The van der Waals surface area contributed by atoms with Gasteiger partial charge in [0.05, 0.1) is 5.56 Å². The van der Waals surface area contributed by atoms with E-state index in [0.717, 1.165) is 25.9 Å². The Labute approximate surface area is 219 Å². The molecule has 6 N–H and O–H groups in total. The fraction of sp³-hybridized carbons (Fsp3) is 0.536. The summed E-state index contributed by atoms with van der Waals surface area (Å²) < 4.78 is 15.8. The van der Waals surface area contributed by atoms with Crippen molar-refractivity contribution >= 4 is 17.5 Å². The van der Waals surface area contributed by atoms with Crippen LogP contribution in [0.15, 0.2) is 28.7 Å². The molecule has 0 spiro atoms. The van der Waals surface area contributed by atoms with Gasteiger partial charge in [0, 0.05) is 35.6 Å². The number of primary amides is 1. The van der Waals surface area contributed by atoms with Gasteiger partial charge in [0.1, 0.15) is 28.7 Å². The fourth-order valence-electron chi connectivity index (χ4n) is 6.86. The molecular formula is C28H33FN2O7. The second kappa shape index (κ2) is 9.20. The van der Waals surface area contributed by atoms with E-state index in [-0.39, 0.29) is 48.1 Å². The number of Topliss-reactive ketones (excluding diaryl/α,β-unsaturated/α-hetero) is 2. The first-order valence-corrected chi connectivity index (χ1v) is 13.1. The number of aliphatic hydroxyl groups is 3. The van der Waals surface area contributed by atoms with Gasteiger partial charge in [0.2, 0.25) is 5.78 Å². The molecule has 4 aliphatic rings. The quantitative estimate of drug-likeness (QED) is 0.373. The molecule has 1 heterocycles. The van der Waals surface area contributed by atoms with E-state index >= 15 is 4.39 Å². The van der Waals surface area contributed by atoms with E-state index in [1.807, 2.05) is 0 Å². The number of likely N-dealkylation sites (tertiary alicyclic amines) is 1. The Morgan fingerprint density at radius 3 is 2.45 bits per heavy atom. The minimum absolute atomic E-state index is 0.0317. The monoisotopic (exact) mass is 528 g/mol. The number of piperidine rings is 1. The molecule has 204 valence electrons. The van der Waals surface area contributed by atoms with Gasteiger partial charge in [-0.1, -0.05) is 13.8 Å². The Morgan fingerprint density at radius 2 is 1.84 bits per heavy atom. The Bertz CT molecular complexity index is 1310. The number of hydrogen-bond donors (Lipinski definition) is 5. The number of carbonyl (C=O) groups is 3. The summed E-state index contributed by atoms with van der Waals surface area (Å²) >= 11 is 0. The molecule has 0 radical (unpaired) electrons. The molecule has 38 heavy (non-hydrogen) atoms. The average molecular weight is 529 g/mol. The zero-order valence-electron chi connectivity index (χ0n) is 21.5. The van der Waals surface area contributed by atoms with Gasteiger partial charge >= 0.3 is 0 Å². The zero-order valence-corrected chi connectivity index (χ0v) is 21.5. The van der Waals surface area contributed by atoms with Gasteiger partial charge in [-0.2, -0.15) is 0 Å². The number of fused-ring (bicyclic) bond motifs is 3. The number of amides is 1. The van der Waals surface area contributed by atoms with Crippen molar-refractivity contribution in [2.45, 2.75) is 58.1 Å². The fourth-order valence-corrected chi connectivity index (χ4v) is 6.86. The molecule has 1 saturated heterocycles. The van der Waals surface area contributed by atoms with Crippen LogP contribution >= 0.6 is 0 Å². The molecule has 0 saturated carbocycles. The number of phenolic OH excluding ortho intramolecular Hbond substituents is 1. The number of benzene rings is 1. The maximum absolute atomic E-state index is 15.8. The molecule has 10 heteroatoms. The molecule has 1 fully saturated rings. The Balaban J connectivity index is 1.50. The van der Waals surface area contributed by atoms with Crippen LogP contribution in [-0.4, -0.2) is 61.5 Å². The molecule has 1 unspecified atom stereocenters. The minimum atomic E-state index is -2.63. The van der Waals surface area contributed by atoms with Crippen LogP contribution in [0.3, 0.4) is 0 Å². The third kappa shape index (κ3) is 3.84. The Hall–Kier alpha value is -3.24. The zero-order chi connectivity index (χ0) is 27.7. The van der Waals surface area contributed by atoms with Crippen molar-refractivity contribution in [2.75, 3.05) is 13.1 Å². The lowest BCUT2D eigenvalue weighted by Crippen LogP contribution is -2.57. The number of carbonyl (C=O) groups excluding carboxylic acids is 3. The summed E-state index contributed by atoms with van der Waals surface area (Å²) in [6.07, 6.45) is 1.61. The van der Waals surface area contributed by atoms with Crippen molar-refractivity contribution < 1.29 is 39.2 Å². The number of nitrogens with two attached hydrogens (primary N) is 1. The van der Waals surface area contributed by atoms with Gasteiger partial charge in [-0.05, 0) is 62.6 Å². The summed E-state index contributed by atoms with van der Waals surface area (Å²) in [6.45, 7) is 6.29. The number of aliphatic hydroxyl groups excluding tert-OH is 2. The van der Waals surface area contributed by atoms with Crippen LogP contribution in [0, 0.1) is 29.5 Å². The van der Waals surface area contributed by atoms with E-state index < -0.39 is 63.6 Å². The van der Waals surface area contributed by atoms with Gasteiger partial charge in [0.25, 0.3) is 5.91 Å². The lowest BCUT2D eigenvalue weighted by atomic mass is 9.60. The van der Waals surface area contributed by atoms with Crippen molar-refractivity contribution in [3.05, 3.63) is 51.2 Å². The lowest BCUT2D eigenvalue weighted by Gasteiger charge is -2.45. The molecule has 3 aliphatic carbocycles. The molecule has 1 aromatic rings. The smallest absolute Gasteiger partial charge is 0.255 e. The topological polar surface area (TPSA) is 161 Å². The van der Waals surface area contributed by atoms with Gasteiger partial charge < -0.3 is 26.2 Å². The molecule has 5 rings (SSSR count). The first-order chi connectivity index (χ1) is 17.9. The van der Waals surface area contributed by atoms with Gasteiger partial charge in [-0.15, -0.1) is 0 Å². The number of allylic oxidation sites excluding steroid dienone is 2. The van der Waals surface area contributed by atoms with Crippen molar-refractivity contribution in [1.29, 1.82) is 0 Å². The maximum atomic E-state index is 15.8. The summed E-state index contributed by atoms with van der Waals surface area (Å²) in [6, 6.07) is 1.23. The lowest BCUT2D eigenvalue weighted by molar-refractivity contribution is -0.144. The second-order valence-corrected chi connectivity index (χ2v) is 11.5. The van der Waals surface area contributed by atoms with E-state index in [0.29, 0.717) is 11.8 Å². The molecule has 0 bridgehead atoms. The highest BCUT2D eigenvalue weighted by atomic mass is 19.1. The number of rotatable bonds is 4. The van der Waals surface area contributed by atoms with E-state index in [1.165, 1.54) is 6.07 Å². The van der Waals surface area contributed by atoms with Crippen LogP contribution in [0.5, 0.6) is 5.75 Å². The standard InChI is InChI=1S/C28H33FN2O7/c1-12(2)13-3-5-31(6-4-13)11-15-9-18(32)21-17(23(15)29)8-14-7-16-10-19(33)22(27(30)37)26(36)28(16,38)25(35)20(14)24(21)34/h9,12-14,16,32-33,35,38H,3-8,10-11H2,1-2H3,(H2,30,37)/t14?,16-,28-/m0/s1. The van der Waals surface area contributed by atoms with Crippen LogP contribution < -0.4 is 5.73 Å². The van der Waals surface area contributed by atoms with Crippen LogP contribution in [0.2, 0.25) is 0 Å². The number of ketones is 2. The minimum Gasteiger partial charge on any atom is -0.511 e. The summed E-state index contributed by atoms with van der Waals surface area (Å²) in [7, 11) is 0. The summed E-state index contributed by atoms with van der Waals surface area (Å²) in [5.41, 5.74) is 1.46. The molecule has 0 aromatic heterocycles. The second-order valence-electron chi connectivity index (χ2n) is 11.5. The highest BCUT2D eigenvalue weighted by Crippen LogP contribution is 2.51. The predicted molar refractivity (Wildman–Crippen MR) is 134 cm³/mol. The maximum Gasteiger partial charge on any atom is 0.255 e. The van der Waals surface area contributed by atoms with Crippen LogP contribution in [0.4, 0.5) is 4.39 Å². The molecular weight excluding hydrogens is 495 g/mol. The van der Waals surface area contributed by atoms with Crippen molar-refractivity contribution in [1.82, 2.24) is 4.90 Å². The largest absolute Gasteiger partial charge is 0.511 e. The van der Waals surface area contributed by atoms with Gasteiger partial charge in [-0.3, -0.25) is 19.3 Å². The highest BCUT2D eigenvalue weighted by molar-refractivity contribution is 6.24. The Morgan fingerprint density at radius 1 is 1.18 bits per heavy atom. The van der Waals surface area contributed by atoms with Gasteiger partial charge in [0.15, 0.2) is 11.4 Å². The van der Waals surface area contributed by atoms with E-state index in [9.17, 15) is 34.8 Å². The molecule has 1 aliphatic heterocycles. The molecule has 1 aromatic carbocycles. The summed E-state index contributed by atoms with van der Waals surface area (Å²) in [4.78, 5) is 40.4. The van der Waals surface area contributed by atoms with Crippen molar-refractivity contribution in [3.63, 3.8) is 0 Å². The van der Waals surface area contributed by atoms with Gasteiger partial charge in [-0.25, -0.2) is 4.39 Å². The predicted octanol–water partition coefficient (Wildman–Crippen LogP) is 2.59. The molecule has 3 atom stereocenters. The van der Waals surface area contributed by atoms with Crippen molar-refractivity contribution in [3.8, 4) is 5.75 Å². The SMILES string of the molecule is CC(C)C1CCN(Cc2cc(O)c3c(c2F)CC2C[C@H]4CC(O)=C(C(N)=O)C(=O)[C@@]4(O)C(O)=C2C3=O)CC1. The number of hydrogen-bond acceptors (Lipinski definition) is 8. The van der Waals surface area contributed by atoms with E-state index in [2.05, 4.69) is 18.7 Å². The Kier molecular flexibility index (Phi) is 6.38. The molecule has 9 nitrogen and oxygen atoms in total. The number of nitrogens with zero attached hydrogens (tertiary/aromatic N) is 1. The van der Waals surface area contributed by atoms with Crippen LogP contribution in [-0.2, 0) is 22.6 Å². The first-order valence-electron chi connectivity index (χ1n) is 13.1. The van der Waals surface area contributed by atoms with E-state index in [1.54, 1.807) is 0 Å². The highest BCUT2D eigenvalue weighted by Gasteiger charge is 2.59. The molecule has 1 amide bonds. The number of phenols is 1. The summed E-state index contributed by atoms with van der Waals surface area (Å²) in [5.74, 6) is -6.60. The summed E-state index contributed by atoms with van der Waals surface area (Å²) in [5, 5.41) is 43.4. The normalized spacial score (nSPS) is 28.4. The third-order valence-electron chi connectivity index (χ3n) is 9.04. The average Bonchev–Trinajstić information content (AvgIpc) is 2.84. The number of halogens is 1. The third-order valence-corrected chi connectivity index (χ3v) is 9.04. The van der Waals surface area contributed by atoms with Crippen molar-refractivity contribution in [2.24, 2.45) is 29.4 Å². The first kappa shape index (κ1) is 26.4. The van der Waals surface area contributed by atoms with Crippen LogP contribution in [0.25, 0.3) is 0 Å². The number of aromatic hydroxyl groups is 1. The van der Waals surface area contributed by atoms with Crippen LogP contribution in [0.1, 0.15) is 61.0 Å². The van der Waals surface area contributed by atoms with E-state index in [4.69, 9.17) is 5.73 Å².